The minimum atomic E-state index is 0.0636. The quantitative estimate of drug-likeness (QED) is 0.775. The molecule has 0 aliphatic heterocycles. The molecular weight excluding hydrogens is 176 g/mol. The number of aromatic nitrogens is 1. The summed E-state index contributed by atoms with van der Waals surface area (Å²) < 4.78 is 1.67. The van der Waals surface area contributed by atoms with Crippen LogP contribution in [0.2, 0.25) is 0 Å². The van der Waals surface area contributed by atoms with E-state index in [9.17, 15) is 4.79 Å². The van der Waals surface area contributed by atoms with Crippen LogP contribution in [0.3, 0.4) is 0 Å². The van der Waals surface area contributed by atoms with Crippen molar-refractivity contribution in [1.82, 2.24) is 9.88 Å². The molecule has 3 heteroatoms. The molecule has 0 saturated heterocycles. The van der Waals surface area contributed by atoms with E-state index in [1.54, 1.807) is 11.6 Å². The predicted octanol–water partition coefficient (Wildman–Crippen LogP) is 1.50. The summed E-state index contributed by atoms with van der Waals surface area (Å²) in [5.41, 5.74) is 0.966. The van der Waals surface area contributed by atoms with Gasteiger partial charge in [0.1, 0.15) is 0 Å². The Labute approximate surface area is 82.3 Å². The number of carbonyl (C=O) groups is 1. The Morgan fingerprint density at radius 3 is 2.93 bits per heavy atom. The average molecular weight is 188 g/mol. The van der Waals surface area contributed by atoms with Crippen LogP contribution < -0.4 is 5.32 Å². The van der Waals surface area contributed by atoms with Gasteiger partial charge in [0, 0.05) is 11.6 Å². The molecule has 14 heavy (non-hydrogen) atoms. The fraction of sp³-hybridized carbons (Fsp3) is 0.182. The fourth-order valence-electron chi connectivity index (χ4n) is 1.54. The first-order valence-electron chi connectivity index (χ1n) is 4.57. The third-order valence-corrected chi connectivity index (χ3v) is 2.20. The van der Waals surface area contributed by atoms with E-state index >= 15 is 0 Å². The van der Waals surface area contributed by atoms with Gasteiger partial charge in [0.2, 0.25) is 5.91 Å². The van der Waals surface area contributed by atoms with Crippen molar-refractivity contribution in [2.75, 3.05) is 13.6 Å². The van der Waals surface area contributed by atoms with E-state index in [0.29, 0.717) is 6.54 Å². The van der Waals surface area contributed by atoms with E-state index in [1.165, 1.54) is 0 Å². The van der Waals surface area contributed by atoms with Crippen LogP contribution in [-0.4, -0.2) is 24.1 Å². The Hall–Kier alpha value is -1.61. The van der Waals surface area contributed by atoms with E-state index < -0.39 is 0 Å². The summed E-state index contributed by atoms with van der Waals surface area (Å²) in [5, 5.41) is 3.94. The minimum Gasteiger partial charge on any atom is -0.311 e. The zero-order valence-electron chi connectivity index (χ0n) is 8.03. The number of nitrogens with one attached hydrogen (secondary N) is 1. The third-order valence-electron chi connectivity index (χ3n) is 2.20. The zero-order chi connectivity index (χ0) is 9.97. The lowest BCUT2D eigenvalue weighted by atomic mass is 10.2. The maximum absolute atomic E-state index is 11.6. The Kier molecular flexibility index (Phi) is 2.33. The topological polar surface area (TPSA) is 34.0 Å². The van der Waals surface area contributed by atoms with Gasteiger partial charge in [-0.2, -0.15) is 0 Å². The number of carbonyl (C=O) groups excluding carboxylic acids is 1. The molecule has 0 radical (unpaired) electrons. The van der Waals surface area contributed by atoms with Crippen molar-refractivity contribution >= 4 is 16.8 Å². The number of para-hydroxylation sites is 1. The number of hydrogen-bond acceptors (Lipinski definition) is 2. The van der Waals surface area contributed by atoms with E-state index in [-0.39, 0.29) is 5.91 Å². The summed E-state index contributed by atoms with van der Waals surface area (Å²) in [6, 6.07) is 9.80. The number of fused-ring (bicyclic) bond motifs is 1. The molecule has 0 fully saturated rings. The predicted molar refractivity (Wildman–Crippen MR) is 56.5 cm³/mol. The van der Waals surface area contributed by atoms with Crippen LogP contribution in [0, 0.1) is 0 Å². The maximum atomic E-state index is 11.6. The Balaban J connectivity index is 2.47. The zero-order valence-corrected chi connectivity index (χ0v) is 8.03. The van der Waals surface area contributed by atoms with Crippen LogP contribution in [0.15, 0.2) is 36.5 Å². The van der Waals surface area contributed by atoms with Gasteiger partial charge in [-0.15, -0.1) is 0 Å². The van der Waals surface area contributed by atoms with Crippen molar-refractivity contribution in [3.63, 3.8) is 0 Å². The van der Waals surface area contributed by atoms with Gasteiger partial charge in [0.25, 0.3) is 0 Å². The van der Waals surface area contributed by atoms with Gasteiger partial charge in [-0.25, -0.2) is 0 Å². The highest BCUT2D eigenvalue weighted by molar-refractivity contribution is 5.93. The van der Waals surface area contributed by atoms with Gasteiger partial charge >= 0.3 is 0 Å². The smallest absolute Gasteiger partial charge is 0.245 e. The van der Waals surface area contributed by atoms with Crippen LogP contribution in [0.25, 0.3) is 10.9 Å². The molecule has 0 saturated carbocycles. The molecule has 0 aliphatic rings. The van der Waals surface area contributed by atoms with Gasteiger partial charge in [-0.05, 0) is 19.2 Å². The number of likely N-dealkylation sites (N-methyl/N-ethyl adjacent to an activating group) is 1. The molecule has 0 unspecified atom stereocenters. The molecule has 3 nitrogen and oxygen atoms in total. The summed E-state index contributed by atoms with van der Waals surface area (Å²) in [4.78, 5) is 11.6. The van der Waals surface area contributed by atoms with Gasteiger partial charge in [-0.3, -0.25) is 9.36 Å². The summed E-state index contributed by atoms with van der Waals surface area (Å²) in [7, 11) is 1.77. The third kappa shape index (κ3) is 1.42. The second-order valence-electron chi connectivity index (χ2n) is 3.17. The average Bonchev–Trinajstić information content (AvgIpc) is 2.61. The highest BCUT2D eigenvalue weighted by Gasteiger charge is 2.06. The lowest BCUT2D eigenvalue weighted by Crippen LogP contribution is -2.23. The van der Waals surface area contributed by atoms with Crippen LogP contribution in [-0.2, 0) is 0 Å². The standard InChI is InChI=1S/C11H12N2O/c1-12-8-11(14)13-7-6-9-4-2-3-5-10(9)13/h2-7,12H,8H2,1H3. The lowest BCUT2D eigenvalue weighted by molar-refractivity contribution is 0.0920. The van der Waals surface area contributed by atoms with Crippen molar-refractivity contribution < 1.29 is 4.79 Å². The van der Waals surface area contributed by atoms with Crippen LogP contribution >= 0.6 is 0 Å². The summed E-state index contributed by atoms with van der Waals surface area (Å²) >= 11 is 0. The molecule has 1 aromatic carbocycles. The molecule has 0 atom stereocenters. The molecule has 72 valence electrons. The Morgan fingerprint density at radius 1 is 1.36 bits per heavy atom. The normalized spacial score (nSPS) is 10.6. The van der Waals surface area contributed by atoms with Crippen molar-refractivity contribution in [3.8, 4) is 0 Å². The SMILES string of the molecule is CNCC(=O)n1ccc2ccccc21. The number of nitrogens with zero attached hydrogens (tertiary/aromatic N) is 1. The Bertz CT molecular complexity index is 459. The molecule has 1 aromatic heterocycles. The minimum absolute atomic E-state index is 0.0636. The van der Waals surface area contributed by atoms with Gasteiger partial charge in [0.15, 0.2) is 0 Å². The summed E-state index contributed by atoms with van der Waals surface area (Å²) in [6.45, 7) is 0.360. The second-order valence-corrected chi connectivity index (χ2v) is 3.17. The Morgan fingerprint density at radius 2 is 2.14 bits per heavy atom. The second kappa shape index (κ2) is 3.64. The highest BCUT2D eigenvalue weighted by Crippen LogP contribution is 2.14. The first-order valence-corrected chi connectivity index (χ1v) is 4.57. The van der Waals surface area contributed by atoms with E-state index in [0.717, 1.165) is 10.9 Å². The van der Waals surface area contributed by atoms with Crippen molar-refractivity contribution in [1.29, 1.82) is 0 Å². The number of rotatable bonds is 2. The van der Waals surface area contributed by atoms with Crippen LogP contribution in [0.1, 0.15) is 4.79 Å². The van der Waals surface area contributed by atoms with Gasteiger partial charge < -0.3 is 5.32 Å². The fourth-order valence-corrected chi connectivity index (χ4v) is 1.54. The van der Waals surface area contributed by atoms with Crippen molar-refractivity contribution in [2.45, 2.75) is 0 Å². The molecule has 0 spiro atoms. The van der Waals surface area contributed by atoms with E-state index in [1.807, 2.05) is 36.5 Å². The number of hydrogen-bond donors (Lipinski definition) is 1. The van der Waals surface area contributed by atoms with Crippen LogP contribution in [0.4, 0.5) is 0 Å². The molecule has 2 rings (SSSR count). The molecule has 1 N–H and O–H groups in total. The summed E-state index contributed by atoms with van der Waals surface area (Å²) in [6.07, 6.45) is 1.81. The molecule has 2 aromatic rings. The molecule has 0 amide bonds. The first-order chi connectivity index (χ1) is 6.83. The maximum Gasteiger partial charge on any atom is 0.245 e. The van der Waals surface area contributed by atoms with Crippen molar-refractivity contribution in [2.24, 2.45) is 0 Å². The lowest BCUT2D eigenvalue weighted by Gasteiger charge is -2.02. The first kappa shape index (κ1) is 8.97. The van der Waals surface area contributed by atoms with Gasteiger partial charge in [0.05, 0.1) is 12.1 Å². The molecule has 0 aliphatic carbocycles. The summed E-state index contributed by atoms with van der Waals surface area (Å²) in [5.74, 6) is 0.0636. The van der Waals surface area contributed by atoms with E-state index in [2.05, 4.69) is 5.32 Å². The largest absolute Gasteiger partial charge is 0.311 e. The van der Waals surface area contributed by atoms with Crippen LogP contribution in [0.5, 0.6) is 0 Å². The van der Waals surface area contributed by atoms with Crippen molar-refractivity contribution in [3.05, 3.63) is 36.5 Å². The number of benzene rings is 1. The molecule has 0 bridgehead atoms. The molecular formula is C11H12N2O. The molecule has 1 heterocycles. The van der Waals surface area contributed by atoms with E-state index in [4.69, 9.17) is 0 Å². The highest BCUT2D eigenvalue weighted by atomic mass is 16.2. The van der Waals surface area contributed by atoms with Gasteiger partial charge in [-0.1, -0.05) is 18.2 Å². The monoisotopic (exact) mass is 188 g/mol.